The van der Waals surface area contributed by atoms with Gasteiger partial charge in [-0.1, -0.05) is 164 Å². The highest BCUT2D eigenvalue weighted by Gasteiger charge is 2.25. The number of nitriles is 1. The van der Waals surface area contributed by atoms with Gasteiger partial charge in [0.15, 0.2) is 17.5 Å². The summed E-state index contributed by atoms with van der Waals surface area (Å²) in [6.45, 7) is 0. The molecule has 258 valence electrons. The van der Waals surface area contributed by atoms with Gasteiger partial charge in [0, 0.05) is 16.7 Å². The van der Waals surface area contributed by atoms with Crippen LogP contribution in [0.5, 0.6) is 0 Å². The number of nitrogens with zero attached hydrogens (tertiary/aromatic N) is 4. The maximum absolute atomic E-state index is 9.56. The molecule has 1 aliphatic rings. The van der Waals surface area contributed by atoms with E-state index in [4.69, 9.17) is 15.0 Å². The van der Waals surface area contributed by atoms with Gasteiger partial charge in [0.2, 0.25) is 0 Å². The van der Waals surface area contributed by atoms with Crippen LogP contribution >= 0.6 is 0 Å². The Morgan fingerprint density at radius 1 is 0.321 bits per heavy atom. The number of hydrogen-bond donors (Lipinski definition) is 0. The summed E-state index contributed by atoms with van der Waals surface area (Å²) in [5.41, 5.74) is 13.1. The largest absolute Gasteiger partial charge is 0.208 e. The molecule has 10 aromatic rings. The topological polar surface area (TPSA) is 62.5 Å². The smallest absolute Gasteiger partial charge is 0.164 e. The van der Waals surface area contributed by atoms with Crippen molar-refractivity contribution in [1.29, 1.82) is 5.26 Å². The van der Waals surface area contributed by atoms with Crippen LogP contribution in [0.4, 0.5) is 0 Å². The van der Waals surface area contributed by atoms with E-state index < -0.39 is 0 Å². The molecule has 0 aliphatic heterocycles. The highest BCUT2D eigenvalue weighted by atomic mass is 15.0. The first-order valence-corrected chi connectivity index (χ1v) is 18.7. The molecule has 0 fully saturated rings. The van der Waals surface area contributed by atoms with Gasteiger partial charge in [0.05, 0.1) is 11.6 Å². The number of aromatic nitrogens is 3. The summed E-state index contributed by atoms with van der Waals surface area (Å²) >= 11 is 0. The van der Waals surface area contributed by atoms with Crippen LogP contribution in [0.1, 0.15) is 5.56 Å². The monoisotopic (exact) mass is 710 g/mol. The van der Waals surface area contributed by atoms with Gasteiger partial charge in [-0.15, -0.1) is 0 Å². The second kappa shape index (κ2) is 12.7. The summed E-state index contributed by atoms with van der Waals surface area (Å²) in [6.07, 6.45) is 0. The van der Waals surface area contributed by atoms with Crippen LogP contribution in [0.3, 0.4) is 0 Å². The quantitative estimate of drug-likeness (QED) is 0.167. The fraction of sp³-hybridized carbons (Fsp3) is 0. The van der Waals surface area contributed by atoms with E-state index in [1.54, 1.807) is 0 Å². The Morgan fingerprint density at radius 3 is 1.45 bits per heavy atom. The van der Waals surface area contributed by atoms with Gasteiger partial charge in [-0.2, -0.15) is 5.26 Å². The van der Waals surface area contributed by atoms with Gasteiger partial charge in [-0.05, 0) is 95.0 Å². The summed E-state index contributed by atoms with van der Waals surface area (Å²) < 4.78 is 0. The minimum Gasteiger partial charge on any atom is -0.208 e. The lowest BCUT2D eigenvalue weighted by atomic mass is 9.86. The van der Waals surface area contributed by atoms with Gasteiger partial charge >= 0.3 is 0 Å². The summed E-state index contributed by atoms with van der Waals surface area (Å²) in [5.74, 6) is 1.91. The minimum atomic E-state index is 0.631. The van der Waals surface area contributed by atoms with Crippen molar-refractivity contribution >= 4 is 32.3 Å². The molecular weight excluding hydrogens is 681 g/mol. The van der Waals surface area contributed by atoms with E-state index in [-0.39, 0.29) is 0 Å². The maximum atomic E-state index is 9.56. The molecule has 4 heteroatoms. The van der Waals surface area contributed by atoms with E-state index >= 15 is 0 Å². The van der Waals surface area contributed by atoms with Crippen LogP contribution in [-0.2, 0) is 0 Å². The van der Waals surface area contributed by atoms with Crippen molar-refractivity contribution in [2.45, 2.75) is 0 Å². The molecule has 0 spiro atoms. The van der Waals surface area contributed by atoms with Crippen molar-refractivity contribution in [3.8, 4) is 84.7 Å². The number of fused-ring (bicyclic) bond motifs is 6. The first-order valence-electron chi connectivity index (χ1n) is 18.7. The van der Waals surface area contributed by atoms with Gasteiger partial charge in [0.1, 0.15) is 0 Å². The lowest BCUT2D eigenvalue weighted by Crippen LogP contribution is -2.00. The molecule has 0 bridgehead atoms. The lowest BCUT2D eigenvalue weighted by Gasteiger charge is -2.17. The van der Waals surface area contributed by atoms with Crippen LogP contribution in [0.25, 0.3) is 111 Å². The zero-order chi connectivity index (χ0) is 37.2. The van der Waals surface area contributed by atoms with Gasteiger partial charge < -0.3 is 0 Å². The number of hydrogen-bond acceptors (Lipinski definition) is 4. The van der Waals surface area contributed by atoms with Crippen molar-refractivity contribution in [3.63, 3.8) is 0 Å². The van der Waals surface area contributed by atoms with E-state index in [1.165, 1.54) is 49.5 Å². The normalized spacial score (nSPS) is 11.6. The van der Waals surface area contributed by atoms with E-state index in [9.17, 15) is 5.26 Å². The van der Waals surface area contributed by atoms with Crippen molar-refractivity contribution in [1.82, 2.24) is 15.0 Å². The lowest BCUT2D eigenvalue weighted by molar-refractivity contribution is 1.07. The first-order chi connectivity index (χ1) is 27.7. The van der Waals surface area contributed by atoms with Crippen LogP contribution in [0, 0.1) is 11.3 Å². The Hall–Kier alpha value is -7.74. The third-order valence-corrected chi connectivity index (χ3v) is 11.1. The summed E-state index contributed by atoms with van der Waals surface area (Å²) in [6, 6.07) is 65.9. The van der Waals surface area contributed by atoms with Gasteiger partial charge in [-0.25, -0.2) is 15.0 Å². The summed E-state index contributed by atoms with van der Waals surface area (Å²) in [7, 11) is 0. The molecule has 56 heavy (non-hydrogen) atoms. The Labute approximate surface area is 323 Å². The van der Waals surface area contributed by atoms with Crippen LogP contribution in [0.2, 0.25) is 0 Å². The van der Waals surface area contributed by atoms with Gasteiger partial charge in [-0.3, -0.25) is 0 Å². The maximum Gasteiger partial charge on any atom is 0.164 e. The molecule has 0 amide bonds. The fourth-order valence-corrected chi connectivity index (χ4v) is 8.49. The van der Waals surface area contributed by atoms with E-state index in [2.05, 4.69) is 115 Å². The third-order valence-electron chi connectivity index (χ3n) is 11.1. The molecule has 1 aromatic heterocycles. The number of rotatable bonds is 5. The molecule has 0 N–H and O–H groups in total. The van der Waals surface area contributed by atoms with Crippen LogP contribution < -0.4 is 0 Å². The zero-order valence-electron chi connectivity index (χ0n) is 30.1. The van der Waals surface area contributed by atoms with Crippen molar-refractivity contribution < 1.29 is 0 Å². The molecule has 1 aliphatic carbocycles. The minimum absolute atomic E-state index is 0.631. The van der Waals surface area contributed by atoms with E-state index in [0.717, 1.165) is 44.0 Å². The molecule has 9 aromatic carbocycles. The molecule has 0 unspecified atom stereocenters. The molecule has 0 saturated carbocycles. The molecule has 0 radical (unpaired) electrons. The molecule has 11 rings (SSSR count). The molecule has 0 atom stereocenters. The standard InChI is InChI=1S/C52H30N4/c53-31-32-18-20-33(21-19-32)38-26-27-45-39-14-7-8-15-40(39)46-29-28-44(48(38)49(45)46)41-16-9-17-42-43(41)25-24-34-22-23-37(30-47(34)42)52-55-50(35-10-3-1-4-11-35)54-51(56-52)36-12-5-2-6-13-36/h1-30H. The highest BCUT2D eigenvalue weighted by Crippen LogP contribution is 2.52. The second-order valence-electron chi connectivity index (χ2n) is 14.2. The van der Waals surface area contributed by atoms with Crippen LogP contribution in [-0.4, -0.2) is 15.0 Å². The average molecular weight is 711 g/mol. The Kier molecular flexibility index (Phi) is 7.20. The summed E-state index contributed by atoms with van der Waals surface area (Å²) in [4.78, 5) is 15.0. The molecule has 0 saturated heterocycles. The zero-order valence-corrected chi connectivity index (χ0v) is 30.1. The second-order valence-corrected chi connectivity index (χ2v) is 14.2. The van der Waals surface area contributed by atoms with E-state index in [1.807, 2.05) is 72.8 Å². The fourth-order valence-electron chi connectivity index (χ4n) is 8.49. The van der Waals surface area contributed by atoms with Crippen molar-refractivity contribution in [3.05, 3.63) is 188 Å². The highest BCUT2D eigenvalue weighted by molar-refractivity contribution is 6.24. The Morgan fingerprint density at radius 2 is 0.821 bits per heavy atom. The Balaban J connectivity index is 1.13. The SMILES string of the molecule is N#Cc1ccc(-c2ccc3c4c(ccc(-c5cccc6c5ccc5ccc(-c7nc(-c8ccccc8)nc(-c8ccccc8)n7)cc56)c24)-c2ccccc2-3)cc1. The third kappa shape index (κ3) is 5.03. The molecule has 4 nitrogen and oxygen atoms in total. The van der Waals surface area contributed by atoms with E-state index in [0.29, 0.717) is 23.0 Å². The predicted octanol–water partition coefficient (Wildman–Crippen LogP) is 13.2. The Bertz CT molecular complexity index is 3150. The molecule has 1 heterocycles. The van der Waals surface area contributed by atoms with Crippen molar-refractivity contribution in [2.75, 3.05) is 0 Å². The van der Waals surface area contributed by atoms with Gasteiger partial charge in [0.25, 0.3) is 0 Å². The average Bonchev–Trinajstić information content (AvgIpc) is 3.61. The summed E-state index contributed by atoms with van der Waals surface area (Å²) in [5, 5.41) is 16.7. The molecular formula is C52H30N4. The predicted molar refractivity (Wildman–Crippen MR) is 229 cm³/mol. The number of benzene rings is 9. The van der Waals surface area contributed by atoms with Crippen LogP contribution in [0.15, 0.2) is 182 Å². The first kappa shape index (κ1) is 31.8. The van der Waals surface area contributed by atoms with Crippen molar-refractivity contribution in [2.24, 2.45) is 0 Å².